The highest BCUT2D eigenvalue weighted by Gasteiger charge is 2.36. The van der Waals surface area contributed by atoms with Crippen molar-refractivity contribution in [3.8, 4) is 0 Å². The molecule has 0 aromatic heterocycles. The lowest BCUT2D eigenvalue weighted by Crippen LogP contribution is -2.28. The summed E-state index contributed by atoms with van der Waals surface area (Å²) < 4.78 is 0. The number of aliphatic hydroxyl groups excluding tert-OH is 2. The van der Waals surface area contributed by atoms with E-state index in [2.05, 4.69) is 0 Å². The van der Waals surface area contributed by atoms with Crippen LogP contribution in [0, 0.1) is 11.8 Å². The molecule has 2 aliphatic rings. The third-order valence-corrected chi connectivity index (χ3v) is 2.77. The molecular formula is C9H16O2. The van der Waals surface area contributed by atoms with E-state index in [1.165, 1.54) is 12.8 Å². The van der Waals surface area contributed by atoms with Crippen molar-refractivity contribution >= 4 is 0 Å². The Kier molecular flexibility index (Phi) is 1.90. The van der Waals surface area contributed by atoms with E-state index in [0.717, 1.165) is 25.2 Å². The highest BCUT2D eigenvalue weighted by atomic mass is 16.3. The van der Waals surface area contributed by atoms with E-state index in [1.807, 2.05) is 0 Å². The number of hydrogen-bond donors (Lipinski definition) is 2. The van der Waals surface area contributed by atoms with Crippen LogP contribution in [0.5, 0.6) is 0 Å². The van der Waals surface area contributed by atoms with Gasteiger partial charge in [0, 0.05) is 0 Å². The van der Waals surface area contributed by atoms with Crippen LogP contribution in [0.15, 0.2) is 0 Å². The van der Waals surface area contributed by atoms with Gasteiger partial charge in [0.15, 0.2) is 0 Å². The fraction of sp³-hybridized carbons (Fsp3) is 1.00. The molecule has 0 saturated heterocycles. The van der Waals surface area contributed by atoms with Crippen molar-refractivity contribution in [2.24, 2.45) is 11.8 Å². The van der Waals surface area contributed by atoms with Crippen molar-refractivity contribution < 1.29 is 10.2 Å². The summed E-state index contributed by atoms with van der Waals surface area (Å²) in [5, 5.41) is 19.0. The molecule has 2 heteroatoms. The van der Waals surface area contributed by atoms with Crippen LogP contribution in [0.25, 0.3) is 0 Å². The fourth-order valence-corrected chi connectivity index (χ4v) is 1.59. The minimum absolute atomic E-state index is 0.420. The second-order valence-corrected chi connectivity index (χ2v) is 4.07. The SMILES string of the molecule is OC(CC1CC1)C(O)C1CC1. The average Bonchev–Trinajstić information content (AvgIpc) is 2.81. The minimum atomic E-state index is -0.435. The van der Waals surface area contributed by atoms with E-state index in [1.54, 1.807) is 0 Å². The predicted octanol–water partition coefficient (Wildman–Crippen LogP) is 0.918. The zero-order valence-corrected chi connectivity index (χ0v) is 6.74. The van der Waals surface area contributed by atoms with Gasteiger partial charge in [-0.05, 0) is 31.1 Å². The van der Waals surface area contributed by atoms with Gasteiger partial charge in [0.05, 0.1) is 12.2 Å². The van der Waals surface area contributed by atoms with Gasteiger partial charge < -0.3 is 10.2 Å². The Bertz CT molecular complexity index is 138. The summed E-state index contributed by atoms with van der Waals surface area (Å²) in [5.41, 5.74) is 0. The summed E-state index contributed by atoms with van der Waals surface area (Å²) in [4.78, 5) is 0. The van der Waals surface area contributed by atoms with E-state index in [-0.39, 0.29) is 0 Å². The second kappa shape index (κ2) is 2.76. The Balaban J connectivity index is 1.72. The van der Waals surface area contributed by atoms with Gasteiger partial charge in [-0.15, -0.1) is 0 Å². The molecular weight excluding hydrogens is 140 g/mol. The van der Waals surface area contributed by atoms with E-state index >= 15 is 0 Å². The molecule has 0 amide bonds. The van der Waals surface area contributed by atoms with Gasteiger partial charge in [-0.1, -0.05) is 12.8 Å². The van der Waals surface area contributed by atoms with Crippen LogP contribution in [-0.4, -0.2) is 22.4 Å². The van der Waals surface area contributed by atoms with Crippen molar-refractivity contribution in [3.63, 3.8) is 0 Å². The third-order valence-electron chi connectivity index (χ3n) is 2.77. The molecule has 2 unspecified atom stereocenters. The second-order valence-electron chi connectivity index (χ2n) is 4.07. The molecule has 0 aliphatic heterocycles. The smallest absolute Gasteiger partial charge is 0.0827 e. The van der Waals surface area contributed by atoms with Crippen LogP contribution in [0.1, 0.15) is 32.1 Å². The van der Waals surface area contributed by atoms with Crippen LogP contribution in [-0.2, 0) is 0 Å². The van der Waals surface area contributed by atoms with E-state index in [0.29, 0.717) is 5.92 Å². The first-order valence-corrected chi connectivity index (χ1v) is 4.63. The molecule has 2 nitrogen and oxygen atoms in total. The molecule has 0 radical (unpaired) electrons. The van der Waals surface area contributed by atoms with Gasteiger partial charge in [-0.25, -0.2) is 0 Å². The first kappa shape index (κ1) is 7.56. The topological polar surface area (TPSA) is 40.5 Å². The van der Waals surface area contributed by atoms with Gasteiger partial charge in [0.2, 0.25) is 0 Å². The Morgan fingerprint density at radius 1 is 1.09 bits per heavy atom. The molecule has 2 aliphatic carbocycles. The van der Waals surface area contributed by atoms with Gasteiger partial charge >= 0.3 is 0 Å². The van der Waals surface area contributed by atoms with Crippen molar-refractivity contribution in [2.45, 2.75) is 44.3 Å². The molecule has 11 heavy (non-hydrogen) atoms. The predicted molar refractivity (Wildman–Crippen MR) is 42.1 cm³/mol. The van der Waals surface area contributed by atoms with Crippen molar-refractivity contribution in [3.05, 3.63) is 0 Å². The highest BCUT2D eigenvalue weighted by molar-refractivity contribution is 4.88. The van der Waals surface area contributed by atoms with Crippen LogP contribution < -0.4 is 0 Å². The van der Waals surface area contributed by atoms with E-state index < -0.39 is 12.2 Å². The number of hydrogen-bond acceptors (Lipinski definition) is 2. The first-order valence-electron chi connectivity index (χ1n) is 4.63. The number of aliphatic hydroxyl groups is 2. The lowest BCUT2D eigenvalue weighted by Gasteiger charge is -2.16. The van der Waals surface area contributed by atoms with Crippen LogP contribution >= 0.6 is 0 Å². The third kappa shape index (κ3) is 1.94. The maximum absolute atomic E-state index is 9.49. The van der Waals surface area contributed by atoms with Crippen LogP contribution in [0.2, 0.25) is 0 Å². The molecule has 64 valence electrons. The molecule has 0 bridgehead atoms. The summed E-state index contributed by atoms with van der Waals surface area (Å²) in [5.74, 6) is 1.14. The van der Waals surface area contributed by atoms with Gasteiger partial charge in [0.1, 0.15) is 0 Å². The van der Waals surface area contributed by atoms with Gasteiger partial charge in [-0.2, -0.15) is 0 Å². The standard InChI is InChI=1S/C9H16O2/c10-8(5-6-1-2-6)9(11)7-3-4-7/h6-11H,1-5H2. The largest absolute Gasteiger partial charge is 0.390 e. The summed E-state index contributed by atoms with van der Waals surface area (Å²) >= 11 is 0. The van der Waals surface area contributed by atoms with Crippen molar-refractivity contribution in [2.75, 3.05) is 0 Å². The van der Waals surface area contributed by atoms with Gasteiger partial charge in [-0.3, -0.25) is 0 Å². The molecule has 0 spiro atoms. The summed E-state index contributed by atoms with van der Waals surface area (Å²) in [6.45, 7) is 0. The average molecular weight is 156 g/mol. The summed E-state index contributed by atoms with van der Waals surface area (Å²) in [6.07, 6.45) is 4.72. The van der Waals surface area contributed by atoms with Gasteiger partial charge in [0.25, 0.3) is 0 Å². The fourth-order valence-electron chi connectivity index (χ4n) is 1.59. The molecule has 2 saturated carbocycles. The summed E-state index contributed by atoms with van der Waals surface area (Å²) in [6, 6.07) is 0. The van der Waals surface area contributed by atoms with E-state index in [4.69, 9.17) is 0 Å². The maximum atomic E-state index is 9.49. The Morgan fingerprint density at radius 3 is 2.18 bits per heavy atom. The van der Waals surface area contributed by atoms with Crippen LogP contribution in [0.3, 0.4) is 0 Å². The zero-order valence-electron chi connectivity index (χ0n) is 6.74. The first-order chi connectivity index (χ1) is 5.27. The van der Waals surface area contributed by atoms with Crippen molar-refractivity contribution in [1.82, 2.24) is 0 Å². The van der Waals surface area contributed by atoms with Crippen LogP contribution in [0.4, 0.5) is 0 Å². The lowest BCUT2D eigenvalue weighted by atomic mass is 10.0. The molecule has 2 fully saturated rings. The number of rotatable bonds is 4. The lowest BCUT2D eigenvalue weighted by molar-refractivity contribution is -0.00137. The molecule has 2 N–H and O–H groups in total. The molecule has 0 heterocycles. The zero-order chi connectivity index (χ0) is 7.84. The Morgan fingerprint density at radius 2 is 1.73 bits per heavy atom. The monoisotopic (exact) mass is 156 g/mol. The molecule has 2 atom stereocenters. The maximum Gasteiger partial charge on any atom is 0.0827 e. The Hall–Kier alpha value is -0.0800. The molecule has 0 aromatic rings. The quantitative estimate of drug-likeness (QED) is 0.635. The van der Waals surface area contributed by atoms with E-state index in [9.17, 15) is 10.2 Å². The van der Waals surface area contributed by atoms with Crippen molar-refractivity contribution in [1.29, 1.82) is 0 Å². The molecule has 2 rings (SSSR count). The summed E-state index contributed by atoms with van der Waals surface area (Å²) in [7, 11) is 0. The molecule has 0 aromatic carbocycles. The Labute approximate surface area is 67.2 Å². The highest BCUT2D eigenvalue weighted by Crippen LogP contribution is 2.39. The normalized spacial score (nSPS) is 30.0. The minimum Gasteiger partial charge on any atom is -0.390 e.